The molecule has 20 heavy (non-hydrogen) atoms. The van der Waals surface area contributed by atoms with Crippen LogP contribution in [0.3, 0.4) is 0 Å². The van der Waals surface area contributed by atoms with Gasteiger partial charge in [0, 0.05) is 25.2 Å². The first-order chi connectivity index (χ1) is 9.45. The number of piperidine rings is 1. The number of aliphatic hydroxyl groups is 1. The summed E-state index contributed by atoms with van der Waals surface area (Å²) in [4.78, 5) is 2.15. The Hall–Kier alpha value is -1.04. The average molecular weight is 284 g/mol. The summed E-state index contributed by atoms with van der Waals surface area (Å²) in [5.74, 6) is -0.868. The molecule has 3 nitrogen and oxygen atoms in total. The van der Waals surface area contributed by atoms with Crippen molar-refractivity contribution in [2.75, 3.05) is 19.6 Å². The number of likely N-dealkylation sites (tertiary alicyclic amines) is 1. The number of hydrogen-bond acceptors (Lipinski definition) is 3. The normalized spacial score (nSPS) is 25.6. The van der Waals surface area contributed by atoms with Gasteiger partial charge in [-0.3, -0.25) is 0 Å². The molecule has 3 unspecified atom stereocenters. The monoisotopic (exact) mass is 284 g/mol. The Bertz CT molecular complexity index is 435. The van der Waals surface area contributed by atoms with E-state index in [0.29, 0.717) is 24.4 Å². The molecule has 1 heterocycles. The topological polar surface area (TPSA) is 49.5 Å². The molecule has 2 rings (SSSR count). The third-order valence-electron chi connectivity index (χ3n) is 4.07. The van der Waals surface area contributed by atoms with Gasteiger partial charge in [0.25, 0.3) is 0 Å². The fourth-order valence-corrected chi connectivity index (χ4v) is 2.60. The van der Waals surface area contributed by atoms with Crippen LogP contribution in [0.5, 0.6) is 0 Å². The summed E-state index contributed by atoms with van der Waals surface area (Å²) in [7, 11) is 0. The molecule has 5 heteroatoms. The SMILES string of the molecule is CC1CCN(CCC(N)c2cc(F)cc(F)c2)CC1O. The fraction of sp³-hybridized carbons (Fsp3) is 0.600. The van der Waals surface area contributed by atoms with Crippen LogP contribution in [0, 0.1) is 17.6 Å². The van der Waals surface area contributed by atoms with Crippen LogP contribution < -0.4 is 5.73 Å². The molecule has 112 valence electrons. The molecule has 1 aliphatic heterocycles. The van der Waals surface area contributed by atoms with Gasteiger partial charge in [0.2, 0.25) is 0 Å². The lowest BCUT2D eigenvalue weighted by Crippen LogP contribution is -2.43. The maximum absolute atomic E-state index is 13.1. The molecule has 1 fully saturated rings. The van der Waals surface area contributed by atoms with Gasteiger partial charge >= 0.3 is 0 Å². The van der Waals surface area contributed by atoms with Crippen LogP contribution in [0.2, 0.25) is 0 Å². The molecule has 1 aromatic carbocycles. The lowest BCUT2D eigenvalue weighted by Gasteiger charge is -2.34. The lowest BCUT2D eigenvalue weighted by molar-refractivity contribution is 0.0282. The molecule has 1 saturated heterocycles. The molecule has 3 N–H and O–H groups in total. The third kappa shape index (κ3) is 3.98. The van der Waals surface area contributed by atoms with E-state index in [-0.39, 0.29) is 6.10 Å². The quantitative estimate of drug-likeness (QED) is 0.890. The summed E-state index contributed by atoms with van der Waals surface area (Å²) < 4.78 is 26.3. The van der Waals surface area contributed by atoms with E-state index in [4.69, 9.17) is 5.73 Å². The first-order valence-electron chi connectivity index (χ1n) is 7.07. The van der Waals surface area contributed by atoms with Crippen molar-refractivity contribution < 1.29 is 13.9 Å². The molecule has 1 aliphatic rings. The minimum atomic E-state index is -0.599. The smallest absolute Gasteiger partial charge is 0.126 e. The minimum Gasteiger partial charge on any atom is -0.392 e. The summed E-state index contributed by atoms with van der Waals surface area (Å²) in [6.07, 6.45) is 1.28. The number of hydrogen-bond donors (Lipinski definition) is 2. The molecule has 0 aliphatic carbocycles. The van der Waals surface area contributed by atoms with Gasteiger partial charge < -0.3 is 15.7 Å². The van der Waals surface area contributed by atoms with Crippen LogP contribution in [0.25, 0.3) is 0 Å². The molecular formula is C15H22F2N2O. The van der Waals surface area contributed by atoms with Crippen molar-refractivity contribution in [3.63, 3.8) is 0 Å². The Morgan fingerprint density at radius 2 is 2.00 bits per heavy atom. The van der Waals surface area contributed by atoms with Crippen molar-refractivity contribution in [1.29, 1.82) is 0 Å². The van der Waals surface area contributed by atoms with E-state index in [1.807, 2.05) is 6.92 Å². The van der Waals surface area contributed by atoms with E-state index >= 15 is 0 Å². The summed E-state index contributed by atoms with van der Waals surface area (Å²) in [5.41, 5.74) is 6.47. The zero-order valence-electron chi connectivity index (χ0n) is 11.7. The number of benzene rings is 1. The van der Waals surface area contributed by atoms with Crippen molar-refractivity contribution in [2.45, 2.75) is 31.9 Å². The highest BCUT2D eigenvalue weighted by Crippen LogP contribution is 2.20. The number of halogens is 2. The molecule has 1 aromatic rings. The minimum absolute atomic E-state index is 0.299. The predicted octanol–water partition coefficient (Wildman–Crippen LogP) is 2.06. The van der Waals surface area contributed by atoms with Gasteiger partial charge in [-0.2, -0.15) is 0 Å². The number of β-amino-alcohol motifs (C(OH)–C–C–N with tert-alkyl or cyclic N) is 1. The number of rotatable bonds is 4. The molecule has 0 bridgehead atoms. The zero-order chi connectivity index (χ0) is 14.7. The predicted molar refractivity (Wildman–Crippen MR) is 74.1 cm³/mol. The van der Waals surface area contributed by atoms with E-state index in [1.54, 1.807) is 0 Å². The molecule has 0 amide bonds. The van der Waals surface area contributed by atoms with Gasteiger partial charge in [-0.15, -0.1) is 0 Å². The molecule has 0 aromatic heterocycles. The standard InChI is InChI=1S/C15H22F2N2O/c1-10-2-4-19(9-15(10)20)5-3-14(18)11-6-12(16)8-13(17)7-11/h6-8,10,14-15,20H,2-5,9,18H2,1H3. The molecular weight excluding hydrogens is 262 g/mol. The second-order valence-electron chi connectivity index (χ2n) is 5.73. The number of aliphatic hydroxyl groups excluding tert-OH is 1. The van der Waals surface area contributed by atoms with Gasteiger partial charge in [0.15, 0.2) is 0 Å². The highest BCUT2D eigenvalue weighted by atomic mass is 19.1. The molecule has 0 saturated carbocycles. The molecule has 0 spiro atoms. The molecule has 3 atom stereocenters. The first kappa shape index (κ1) is 15.4. The van der Waals surface area contributed by atoms with Crippen LogP contribution in [-0.2, 0) is 0 Å². The van der Waals surface area contributed by atoms with Gasteiger partial charge in [0.1, 0.15) is 11.6 Å². The Kier molecular flexibility index (Phi) is 5.07. The van der Waals surface area contributed by atoms with Crippen LogP contribution in [0.15, 0.2) is 18.2 Å². The van der Waals surface area contributed by atoms with E-state index < -0.39 is 17.7 Å². The van der Waals surface area contributed by atoms with E-state index in [2.05, 4.69) is 4.90 Å². The summed E-state index contributed by atoms with van der Waals surface area (Å²) in [5, 5.41) is 9.83. The maximum atomic E-state index is 13.1. The van der Waals surface area contributed by atoms with Crippen LogP contribution >= 0.6 is 0 Å². The lowest BCUT2D eigenvalue weighted by atomic mass is 9.95. The van der Waals surface area contributed by atoms with Gasteiger partial charge in [0.05, 0.1) is 6.10 Å². The van der Waals surface area contributed by atoms with Crippen molar-refractivity contribution in [3.8, 4) is 0 Å². The zero-order valence-corrected chi connectivity index (χ0v) is 11.7. The van der Waals surface area contributed by atoms with E-state index in [0.717, 1.165) is 25.6 Å². The van der Waals surface area contributed by atoms with E-state index in [9.17, 15) is 13.9 Å². The summed E-state index contributed by atoms with van der Waals surface area (Å²) in [6, 6.07) is 3.01. The fourth-order valence-electron chi connectivity index (χ4n) is 2.60. The van der Waals surface area contributed by atoms with Gasteiger partial charge in [-0.1, -0.05) is 6.92 Å². The number of nitrogens with two attached hydrogens (primary N) is 1. The highest BCUT2D eigenvalue weighted by molar-refractivity contribution is 5.21. The van der Waals surface area contributed by atoms with Crippen molar-refractivity contribution in [1.82, 2.24) is 4.90 Å². The first-order valence-corrected chi connectivity index (χ1v) is 7.07. The van der Waals surface area contributed by atoms with E-state index in [1.165, 1.54) is 12.1 Å². The van der Waals surface area contributed by atoms with Gasteiger partial charge in [-0.05, 0) is 43.0 Å². The maximum Gasteiger partial charge on any atom is 0.126 e. The van der Waals surface area contributed by atoms with Crippen LogP contribution in [0.4, 0.5) is 8.78 Å². The average Bonchev–Trinajstić information content (AvgIpc) is 2.38. The second-order valence-corrected chi connectivity index (χ2v) is 5.73. The van der Waals surface area contributed by atoms with Crippen LogP contribution in [0.1, 0.15) is 31.4 Å². The Labute approximate surface area is 118 Å². The van der Waals surface area contributed by atoms with Crippen LogP contribution in [-0.4, -0.2) is 35.7 Å². The summed E-state index contributed by atoms with van der Waals surface area (Å²) >= 11 is 0. The Morgan fingerprint density at radius 1 is 1.35 bits per heavy atom. The Balaban J connectivity index is 1.87. The largest absolute Gasteiger partial charge is 0.392 e. The highest BCUT2D eigenvalue weighted by Gasteiger charge is 2.24. The second kappa shape index (κ2) is 6.61. The van der Waals surface area contributed by atoms with Gasteiger partial charge in [-0.25, -0.2) is 8.78 Å². The Morgan fingerprint density at radius 3 is 2.60 bits per heavy atom. The summed E-state index contributed by atoms with van der Waals surface area (Å²) in [6.45, 7) is 4.35. The van der Waals surface area contributed by atoms with Crippen molar-refractivity contribution in [2.24, 2.45) is 11.7 Å². The molecule has 0 radical (unpaired) electrons. The van der Waals surface area contributed by atoms with Crippen molar-refractivity contribution >= 4 is 0 Å². The third-order valence-corrected chi connectivity index (χ3v) is 4.07. The number of nitrogens with zero attached hydrogens (tertiary/aromatic N) is 1. The van der Waals surface area contributed by atoms with Crippen molar-refractivity contribution in [3.05, 3.63) is 35.4 Å².